The molecule has 2 unspecified atom stereocenters. The summed E-state index contributed by atoms with van der Waals surface area (Å²) in [5, 5.41) is 5.79. The zero-order chi connectivity index (χ0) is 27.1. The van der Waals surface area contributed by atoms with Gasteiger partial charge < -0.3 is 20.3 Å². The fraction of sp³-hybridized carbons (Fsp3) is 0.607. The number of carbonyl (C=O) groups is 3. The van der Waals surface area contributed by atoms with E-state index in [1.807, 2.05) is 37.4 Å². The smallest absolute Gasteiger partial charge is 0.408 e. The van der Waals surface area contributed by atoms with E-state index in [-0.39, 0.29) is 11.8 Å². The second-order valence-electron chi connectivity index (χ2n) is 9.79. The van der Waals surface area contributed by atoms with Crippen LogP contribution in [0, 0.1) is 0 Å². The van der Waals surface area contributed by atoms with Crippen molar-refractivity contribution in [2.24, 2.45) is 0 Å². The Labute approximate surface area is 221 Å². The van der Waals surface area contributed by atoms with Gasteiger partial charge in [-0.25, -0.2) is 4.79 Å². The van der Waals surface area contributed by atoms with E-state index in [0.717, 1.165) is 24.8 Å². The maximum absolute atomic E-state index is 13.9. The first-order valence-corrected chi connectivity index (χ1v) is 14.3. The molecule has 2 N–H and O–H groups in total. The molecule has 0 aliphatic rings. The van der Waals surface area contributed by atoms with Gasteiger partial charge in [0.1, 0.15) is 17.7 Å². The van der Waals surface area contributed by atoms with E-state index >= 15 is 0 Å². The Hall–Kier alpha value is -2.48. The zero-order valence-corrected chi connectivity index (χ0v) is 23.7. The molecule has 0 aliphatic carbocycles. The Kier molecular flexibility index (Phi) is 14.3. The van der Waals surface area contributed by atoms with Crippen molar-refractivity contribution in [2.75, 3.05) is 25.1 Å². The molecule has 0 saturated heterocycles. The summed E-state index contributed by atoms with van der Waals surface area (Å²) in [6.45, 7) is 14.2. The molecule has 0 bridgehead atoms. The van der Waals surface area contributed by atoms with Crippen molar-refractivity contribution in [2.45, 2.75) is 84.4 Å². The molecule has 1 aromatic carbocycles. The van der Waals surface area contributed by atoms with Crippen molar-refractivity contribution in [3.63, 3.8) is 0 Å². The summed E-state index contributed by atoms with van der Waals surface area (Å²) in [5.41, 5.74) is 0.890. The second-order valence-corrected chi connectivity index (χ2v) is 10.8. The van der Waals surface area contributed by atoms with Gasteiger partial charge in [0.15, 0.2) is 0 Å². The molecular weight excluding hydrogens is 474 g/mol. The van der Waals surface area contributed by atoms with Gasteiger partial charge in [-0.3, -0.25) is 9.59 Å². The van der Waals surface area contributed by atoms with Crippen molar-refractivity contribution < 1.29 is 19.1 Å². The topological polar surface area (TPSA) is 87.7 Å². The summed E-state index contributed by atoms with van der Waals surface area (Å²) in [7, 11) is 0. The third kappa shape index (κ3) is 11.1. The molecule has 0 heterocycles. The molecule has 7 nitrogen and oxygen atoms in total. The Balaban J connectivity index is 3.37. The summed E-state index contributed by atoms with van der Waals surface area (Å²) < 4.78 is 5.42. The van der Waals surface area contributed by atoms with Gasteiger partial charge in [0.25, 0.3) is 0 Å². The minimum absolute atomic E-state index is 0.227. The van der Waals surface area contributed by atoms with Gasteiger partial charge >= 0.3 is 6.09 Å². The molecule has 202 valence electrons. The Bertz CT molecular complexity index is 853. The predicted molar refractivity (Wildman–Crippen MR) is 150 cm³/mol. The molecule has 2 atom stereocenters. The first-order valence-electron chi connectivity index (χ1n) is 12.9. The van der Waals surface area contributed by atoms with Crippen LogP contribution in [0.1, 0.15) is 83.9 Å². The molecule has 0 spiro atoms. The number of carbonyl (C=O) groups excluding carboxylic acids is 3. The lowest BCUT2D eigenvalue weighted by Gasteiger charge is -2.34. The molecule has 0 saturated carbocycles. The van der Waals surface area contributed by atoms with Gasteiger partial charge in [0.05, 0.1) is 0 Å². The number of thioether (sulfide) groups is 1. The highest BCUT2D eigenvalue weighted by molar-refractivity contribution is 7.98. The molecule has 0 aromatic heterocycles. The number of hydrogen-bond acceptors (Lipinski definition) is 5. The van der Waals surface area contributed by atoms with Crippen LogP contribution >= 0.6 is 11.8 Å². The van der Waals surface area contributed by atoms with E-state index in [0.29, 0.717) is 37.2 Å². The third-order valence-corrected chi connectivity index (χ3v) is 6.09. The van der Waals surface area contributed by atoms with E-state index in [1.54, 1.807) is 43.5 Å². The summed E-state index contributed by atoms with van der Waals surface area (Å²) >= 11 is 1.59. The fourth-order valence-corrected chi connectivity index (χ4v) is 4.23. The number of benzene rings is 1. The number of nitrogens with zero attached hydrogens (tertiary/aromatic N) is 1. The Morgan fingerprint density at radius 2 is 1.89 bits per heavy atom. The van der Waals surface area contributed by atoms with E-state index in [4.69, 9.17) is 4.74 Å². The minimum Gasteiger partial charge on any atom is -0.444 e. The van der Waals surface area contributed by atoms with Crippen LogP contribution in [0.4, 0.5) is 4.79 Å². The maximum atomic E-state index is 13.9. The van der Waals surface area contributed by atoms with Gasteiger partial charge in [-0.05, 0) is 69.2 Å². The molecule has 3 amide bonds. The molecule has 1 rings (SSSR count). The number of amides is 3. The lowest BCUT2D eigenvalue weighted by Crippen LogP contribution is -2.53. The van der Waals surface area contributed by atoms with Gasteiger partial charge in [0, 0.05) is 13.1 Å². The minimum atomic E-state index is -0.823. The van der Waals surface area contributed by atoms with E-state index in [1.165, 1.54) is 0 Å². The van der Waals surface area contributed by atoms with Crippen molar-refractivity contribution in [3.8, 4) is 0 Å². The normalized spacial score (nSPS) is 12.8. The summed E-state index contributed by atoms with van der Waals surface area (Å²) in [5.74, 6) is 0.149. The Morgan fingerprint density at radius 1 is 1.17 bits per heavy atom. The van der Waals surface area contributed by atoms with Crippen molar-refractivity contribution in [1.29, 1.82) is 0 Å². The molecule has 36 heavy (non-hydrogen) atoms. The average molecular weight is 520 g/mol. The fourth-order valence-electron chi connectivity index (χ4n) is 3.76. The molecule has 1 aromatic rings. The van der Waals surface area contributed by atoms with Crippen LogP contribution in [-0.2, 0) is 14.3 Å². The highest BCUT2D eigenvalue weighted by atomic mass is 32.2. The number of alkyl carbamates (subject to hydrolysis) is 1. The molecule has 0 aliphatic heterocycles. The molecule has 0 fully saturated rings. The van der Waals surface area contributed by atoms with Crippen LogP contribution in [0.5, 0.6) is 0 Å². The quantitative estimate of drug-likeness (QED) is 0.296. The predicted octanol–water partition coefficient (Wildman–Crippen LogP) is 5.56. The number of hydrogen-bond donors (Lipinski definition) is 2. The largest absolute Gasteiger partial charge is 0.444 e. The van der Waals surface area contributed by atoms with Gasteiger partial charge in [-0.1, -0.05) is 57.5 Å². The average Bonchev–Trinajstić information content (AvgIpc) is 2.82. The second kappa shape index (κ2) is 16.3. The third-order valence-electron chi connectivity index (χ3n) is 5.45. The van der Waals surface area contributed by atoms with Crippen LogP contribution in [0.3, 0.4) is 0 Å². The maximum Gasteiger partial charge on any atom is 0.408 e. The lowest BCUT2D eigenvalue weighted by molar-refractivity contribution is -0.142. The van der Waals surface area contributed by atoms with Crippen LogP contribution in [0.25, 0.3) is 6.08 Å². The van der Waals surface area contributed by atoms with E-state index in [9.17, 15) is 14.4 Å². The van der Waals surface area contributed by atoms with E-state index in [2.05, 4.69) is 24.1 Å². The van der Waals surface area contributed by atoms with Gasteiger partial charge in [0.2, 0.25) is 11.8 Å². The summed E-state index contributed by atoms with van der Waals surface area (Å²) in [4.78, 5) is 41.6. The van der Waals surface area contributed by atoms with Crippen LogP contribution < -0.4 is 10.6 Å². The number of nitrogens with one attached hydrogen (secondary N) is 2. The first kappa shape index (κ1) is 31.5. The monoisotopic (exact) mass is 519 g/mol. The van der Waals surface area contributed by atoms with Crippen LogP contribution in [0.2, 0.25) is 0 Å². The van der Waals surface area contributed by atoms with Gasteiger partial charge in [-0.15, -0.1) is 0 Å². The van der Waals surface area contributed by atoms with Crippen molar-refractivity contribution in [3.05, 3.63) is 42.0 Å². The van der Waals surface area contributed by atoms with Crippen LogP contribution in [-0.4, -0.2) is 59.5 Å². The SMILES string of the molecule is C=Cc1cccc(C(C(=O)NCCCCC)N(CCC)C(=O)C(CCSC)NC(=O)OC(C)(C)C)c1. The molecule has 8 heteroatoms. The number of rotatable bonds is 15. The molecule has 0 radical (unpaired) electrons. The number of unbranched alkanes of at least 4 members (excludes halogenated alkanes) is 2. The van der Waals surface area contributed by atoms with Crippen molar-refractivity contribution >= 4 is 35.7 Å². The molecular formula is C28H45N3O4S. The summed E-state index contributed by atoms with van der Waals surface area (Å²) in [6, 6.07) is 5.88. The standard InChI is InChI=1S/C28H45N3O4S/c1-8-11-12-17-29-25(32)24(22-15-13-14-21(10-3)20-22)31(18-9-2)26(33)23(16-19-36-7)30-27(34)35-28(4,5)6/h10,13-15,20,23-24H,3,8-9,11-12,16-19H2,1-2,4-7H3,(H,29,32)(H,30,34). The summed E-state index contributed by atoms with van der Waals surface area (Å²) in [6.07, 6.45) is 7.06. The first-order chi connectivity index (χ1) is 17.1. The highest BCUT2D eigenvalue weighted by Gasteiger charge is 2.35. The lowest BCUT2D eigenvalue weighted by atomic mass is 9.99. The Morgan fingerprint density at radius 3 is 2.47 bits per heavy atom. The van der Waals surface area contributed by atoms with Crippen LogP contribution in [0.15, 0.2) is 30.8 Å². The highest BCUT2D eigenvalue weighted by Crippen LogP contribution is 2.25. The van der Waals surface area contributed by atoms with Crippen molar-refractivity contribution in [1.82, 2.24) is 15.5 Å². The zero-order valence-electron chi connectivity index (χ0n) is 22.9. The van der Waals surface area contributed by atoms with Gasteiger partial charge in [-0.2, -0.15) is 11.8 Å². The number of ether oxygens (including phenoxy) is 1. The van der Waals surface area contributed by atoms with E-state index < -0.39 is 23.8 Å².